The number of aromatic amines is 1. The summed E-state index contributed by atoms with van der Waals surface area (Å²) in [6.07, 6.45) is 3.23. The van der Waals surface area contributed by atoms with Gasteiger partial charge in [-0.3, -0.25) is 14.4 Å². The molecule has 2 aromatic carbocycles. The smallest absolute Gasteiger partial charge is 0.254 e. The number of fused-ring (bicyclic) bond motifs is 2. The molecule has 14 nitrogen and oxygen atoms in total. The second kappa shape index (κ2) is 14.6. The lowest BCUT2D eigenvalue weighted by molar-refractivity contribution is -0.130. The van der Waals surface area contributed by atoms with Crippen LogP contribution in [-0.2, 0) is 32.5 Å². The fraction of sp³-hybridized carbons (Fsp3) is 0.528. The van der Waals surface area contributed by atoms with Gasteiger partial charge in [0.1, 0.15) is 6.04 Å². The van der Waals surface area contributed by atoms with Gasteiger partial charge in [-0.25, -0.2) is 0 Å². The fourth-order valence-electron chi connectivity index (χ4n) is 8.00. The van der Waals surface area contributed by atoms with E-state index in [1.165, 1.54) is 0 Å². The summed E-state index contributed by atoms with van der Waals surface area (Å²) >= 11 is 0. The minimum atomic E-state index is -0.937. The Kier molecular flexibility index (Phi) is 9.89. The summed E-state index contributed by atoms with van der Waals surface area (Å²) in [5.41, 5.74) is 4.16. The van der Waals surface area contributed by atoms with E-state index in [4.69, 9.17) is 9.47 Å². The molecule has 14 heteroatoms. The second-order valence-electron chi connectivity index (χ2n) is 13.6. The van der Waals surface area contributed by atoms with E-state index in [9.17, 15) is 19.6 Å². The van der Waals surface area contributed by atoms with Crippen molar-refractivity contribution in [1.82, 2.24) is 40.6 Å². The molecular weight excluding hydrogens is 638 g/mol. The molecule has 4 aliphatic rings. The Bertz CT molecular complexity index is 1680. The standard InChI is InChI=1S/C36H43N9O5/c1-24(38-23-32(46)45-10-2-3-29(45)22-37)21-36(35-39-41-42-40-35)30-8-6-27(33(47)43-11-15-49-16-12-43)19-25(30)4-5-26-20-28(7-9-31(26)36)34(48)44-13-17-50-18-14-44/h6-9,19-20,24,29,38H,2-5,10-18,21,23H2,1H3,(H,39,40,41,42)/t24-,29+/m1/s1. The summed E-state index contributed by atoms with van der Waals surface area (Å²) in [7, 11) is 0. The average molecular weight is 682 g/mol. The van der Waals surface area contributed by atoms with E-state index in [1.807, 2.05) is 53.1 Å². The van der Waals surface area contributed by atoms with E-state index in [0.717, 1.165) is 28.7 Å². The quantitative estimate of drug-likeness (QED) is 0.355. The SMILES string of the molecule is C[C@H](CC1(c2nn[nH]n2)c2ccc(C(=O)N3CCOCC3)cc2CCc2cc(C(=O)N3CCOCC3)ccc21)NCC(=O)N1CCC[C@H]1C#N. The Morgan fingerprint density at radius 1 is 0.940 bits per heavy atom. The van der Waals surface area contributed by atoms with Crippen LogP contribution in [0, 0.1) is 11.3 Å². The minimum absolute atomic E-state index is 0.0347. The Labute approximate surface area is 291 Å². The minimum Gasteiger partial charge on any atom is -0.378 e. The Morgan fingerprint density at radius 2 is 1.52 bits per heavy atom. The molecule has 3 aromatic rings. The lowest BCUT2D eigenvalue weighted by atomic mass is 9.67. The lowest BCUT2D eigenvalue weighted by Crippen LogP contribution is -2.45. The van der Waals surface area contributed by atoms with Crippen molar-refractivity contribution in [3.05, 3.63) is 75.6 Å². The van der Waals surface area contributed by atoms with Crippen molar-refractivity contribution in [3.63, 3.8) is 0 Å². The molecule has 0 bridgehead atoms. The Hall–Kier alpha value is -4.71. The Morgan fingerprint density at radius 3 is 2.04 bits per heavy atom. The zero-order chi connectivity index (χ0) is 34.7. The highest BCUT2D eigenvalue weighted by molar-refractivity contribution is 5.95. The van der Waals surface area contributed by atoms with E-state index < -0.39 is 11.5 Å². The summed E-state index contributed by atoms with van der Waals surface area (Å²) in [4.78, 5) is 45.8. The van der Waals surface area contributed by atoms with Gasteiger partial charge < -0.3 is 29.5 Å². The normalized spacial score (nSPS) is 20.7. The van der Waals surface area contributed by atoms with Crippen molar-refractivity contribution in [2.75, 3.05) is 65.7 Å². The number of nitrogens with zero attached hydrogens (tertiary/aromatic N) is 7. The maximum atomic E-state index is 13.6. The van der Waals surface area contributed by atoms with Gasteiger partial charge in [-0.2, -0.15) is 10.5 Å². The molecule has 262 valence electrons. The van der Waals surface area contributed by atoms with Crippen LogP contribution in [0.25, 0.3) is 0 Å². The van der Waals surface area contributed by atoms with Gasteiger partial charge in [-0.1, -0.05) is 17.3 Å². The average Bonchev–Trinajstić information content (AvgIpc) is 3.87. The molecule has 3 fully saturated rings. The fourth-order valence-corrected chi connectivity index (χ4v) is 8.00. The number of benzene rings is 2. The van der Waals surface area contributed by atoms with Crippen molar-refractivity contribution in [2.45, 2.75) is 56.5 Å². The molecule has 50 heavy (non-hydrogen) atoms. The number of ether oxygens (including phenoxy) is 2. The number of likely N-dealkylation sites (tertiary alicyclic amines) is 1. The van der Waals surface area contributed by atoms with Crippen LogP contribution >= 0.6 is 0 Å². The predicted octanol–water partition coefficient (Wildman–Crippen LogP) is 1.46. The first-order chi connectivity index (χ1) is 24.4. The number of morpholine rings is 2. The number of nitrogens with one attached hydrogen (secondary N) is 2. The van der Waals surface area contributed by atoms with E-state index in [-0.39, 0.29) is 30.3 Å². The molecule has 3 saturated heterocycles. The summed E-state index contributed by atoms with van der Waals surface area (Å²) in [6.45, 7) is 6.93. The highest BCUT2D eigenvalue weighted by Gasteiger charge is 2.46. The van der Waals surface area contributed by atoms with E-state index >= 15 is 0 Å². The number of nitriles is 1. The van der Waals surface area contributed by atoms with Gasteiger partial charge in [0.15, 0.2) is 5.82 Å². The largest absolute Gasteiger partial charge is 0.378 e. The molecule has 0 unspecified atom stereocenters. The second-order valence-corrected chi connectivity index (χ2v) is 13.6. The number of carbonyl (C=O) groups excluding carboxylic acids is 3. The van der Waals surface area contributed by atoms with Gasteiger partial charge in [-0.15, -0.1) is 10.2 Å². The van der Waals surface area contributed by atoms with Gasteiger partial charge in [0, 0.05) is 49.9 Å². The third-order valence-electron chi connectivity index (χ3n) is 10.5. The van der Waals surface area contributed by atoms with E-state index in [1.54, 1.807) is 4.90 Å². The molecule has 3 amide bonds. The highest BCUT2D eigenvalue weighted by atomic mass is 16.5. The zero-order valence-corrected chi connectivity index (χ0v) is 28.4. The topological polar surface area (TPSA) is 170 Å². The van der Waals surface area contributed by atoms with E-state index in [0.29, 0.717) is 102 Å². The molecule has 1 aromatic heterocycles. The number of amides is 3. The van der Waals surface area contributed by atoms with Gasteiger partial charge in [-0.05, 0) is 85.5 Å². The van der Waals surface area contributed by atoms with Gasteiger partial charge in [0.05, 0.1) is 44.5 Å². The van der Waals surface area contributed by atoms with Crippen LogP contribution in [0.15, 0.2) is 36.4 Å². The van der Waals surface area contributed by atoms with Gasteiger partial charge in [0.2, 0.25) is 5.91 Å². The first-order valence-electron chi connectivity index (χ1n) is 17.6. The third-order valence-corrected chi connectivity index (χ3v) is 10.5. The highest BCUT2D eigenvalue weighted by Crippen LogP contribution is 2.47. The van der Waals surface area contributed by atoms with E-state index in [2.05, 4.69) is 32.0 Å². The molecular formula is C36H43N9O5. The van der Waals surface area contributed by atoms with Crippen LogP contribution in [0.5, 0.6) is 0 Å². The third kappa shape index (κ3) is 6.48. The molecule has 2 atom stereocenters. The van der Waals surface area contributed by atoms with Crippen molar-refractivity contribution in [3.8, 4) is 6.07 Å². The number of hydrogen-bond acceptors (Lipinski definition) is 10. The molecule has 0 saturated carbocycles. The number of rotatable bonds is 8. The van der Waals surface area contributed by atoms with Gasteiger partial charge >= 0.3 is 0 Å². The first-order valence-corrected chi connectivity index (χ1v) is 17.6. The number of hydrogen-bond donors (Lipinski definition) is 2. The molecule has 0 spiro atoms. The number of tetrazole rings is 1. The van der Waals surface area contributed by atoms with Crippen molar-refractivity contribution < 1.29 is 23.9 Å². The van der Waals surface area contributed by atoms with Crippen molar-refractivity contribution in [1.29, 1.82) is 5.26 Å². The molecule has 0 radical (unpaired) electrons. The summed E-state index contributed by atoms with van der Waals surface area (Å²) in [6, 6.07) is 13.4. The molecule has 1 aliphatic carbocycles. The van der Waals surface area contributed by atoms with Crippen LogP contribution in [0.2, 0.25) is 0 Å². The van der Waals surface area contributed by atoms with Crippen LogP contribution in [0.4, 0.5) is 0 Å². The predicted molar refractivity (Wildman–Crippen MR) is 180 cm³/mol. The van der Waals surface area contributed by atoms with Crippen LogP contribution in [-0.4, -0.2) is 131 Å². The Balaban J connectivity index is 1.28. The monoisotopic (exact) mass is 681 g/mol. The maximum absolute atomic E-state index is 13.6. The van der Waals surface area contributed by atoms with Crippen LogP contribution in [0.3, 0.4) is 0 Å². The van der Waals surface area contributed by atoms with Crippen LogP contribution < -0.4 is 5.32 Å². The number of aryl methyl sites for hydroxylation is 2. The number of H-pyrrole nitrogens is 1. The van der Waals surface area contributed by atoms with Crippen LogP contribution in [0.1, 0.15) is 75.0 Å². The number of carbonyl (C=O) groups is 3. The summed E-state index contributed by atoms with van der Waals surface area (Å²) in [5, 5.41) is 28.8. The molecule has 2 N–H and O–H groups in total. The zero-order valence-electron chi connectivity index (χ0n) is 28.4. The summed E-state index contributed by atoms with van der Waals surface area (Å²) < 4.78 is 11.0. The van der Waals surface area contributed by atoms with Gasteiger partial charge in [0.25, 0.3) is 11.8 Å². The van der Waals surface area contributed by atoms with Crippen molar-refractivity contribution in [2.24, 2.45) is 0 Å². The molecule has 3 aliphatic heterocycles. The molecule has 4 heterocycles. The van der Waals surface area contributed by atoms with Crippen molar-refractivity contribution >= 4 is 17.7 Å². The first kappa shape index (κ1) is 33.8. The maximum Gasteiger partial charge on any atom is 0.254 e. The summed E-state index contributed by atoms with van der Waals surface area (Å²) in [5.74, 6) is 0.291. The number of aromatic nitrogens is 4. The molecule has 7 rings (SSSR count). The lowest BCUT2D eigenvalue weighted by Gasteiger charge is -2.36.